The van der Waals surface area contributed by atoms with Gasteiger partial charge in [0.15, 0.2) is 11.5 Å². The Morgan fingerprint density at radius 3 is 2.34 bits per heavy atom. The lowest BCUT2D eigenvalue weighted by Crippen LogP contribution is -2.20. The van der Waals surface area contributed by atoms with Crippen molar-refractivity contribution in [2.75, 3.05) is 12.4 Å². The molecule has 0 spiro atoms. The van der Waals surface area contributed by atoms with Gasteiger partial charge in [-0.2, -0.15) is 0 Å². The van der Waals surface area contributed by atoms with E-state index in [9.17, 15) is 9.59 Å². The van der Waals surface area contributed by atoms with Gasteiger partial charge in [-0.3, -0.25) is 9.59 Å². The molecular formula is C26H26N2O4. The molecule has 0 saturated heterocycles. The Kier molecular flexibility index (Phi) is 8.03. The van der Waals surface area contributed by atoms with Gasteiger partial charge in [0, 0.05) is 25.2 Å². The Hall–Kier alpha value is -4.06. The van der Waals surface area contributed by atoms with Gasteiger partial charge in [0.2, 0.25) is 11.8 Å². The first-order chi connectivity index (χ1) is 15.5. The van der Waals surface area contributed by atoms with Gasteiger partial charge in [-0.1, -0.05) is 48.5 Å². The first-order valence-corrected chi connectivity index (χ1v) is 10.2. The molecule has 0 unspecified atom stereocenters. The van der Waals surface area contributed by atoms with Crippen LogP contribution in [-0.4, -0.2) is 18.9 Å². The molecule has 6 nitrogen and oxygen atoms in total. The van der Waals surface area contributed by atoms with Crippen molar-refractivity contribution in [2.24, 2.45) is 0 Å². The van der Waals surface area contributed by atoms with E-state index in [0.29, 0.717) is 30.3 Å². The standard InChI is InChI=1S/C26H26N2O4/c1-19(29)28-23-12-8-20(9-13-23)11-15-26(30)27-17-22-10-14-24(25(16-22)31-2)32-18-21-6-4-3-5-7-21/h3-16H,17-18H2,1-2H3,(H,27,30)(H,28,29)/b15-11+. The Morgan fingerprint density at radius 1 is 0.906 bits per heavy atom. The van der Waals surface area contributed by atoms with Crippen LogP contribution >= 0.6 is 0 Å². The summed E-state index contributed by atoms with van der Waals surface area (Å²) >= 11 is 0. The number of carbonyl (C=O) groups excluding carboxylic acids is 2. The van der Waals surface area contributed by atoms with Gasteiger partial charge in [0.25, 0.3) is 0 Å². The number of methoxy groups -OCH3 is 1. The fourth-order valence-electron chi connectivity index (χ4n) is 2.98. The van der Waals surface area contributed by atoms with Gasteiger partial charge in [0.1, 0.15) is 6.61 Å². The third-order valence-electron chi connectivity index (χ3n) is 4.59. The monoisotopic (exact) mass is 430 g/mol. The Balaban J connectivity index is 1.52. The number of amides is 2. The van der Waals surface area contributed by atoms with Gasteiger partial charge in [0.05, 0.1) is 7.11 Å². The highest BCUT2D eigenvalue weighted by Crippen LogP contribution is 2.28. The fourth-order valence-corrected chi connectivity index (χ4v) is 2.98. The number of benzene rings is 3. The van der Waals surface area contributed by atoms with Crippen LogP contribution in [-0.2, 0) is 22.7 Å². The number of ether oxygens (including phenoxy) is 2. The van der Waals surface area contributed by atoms with Crippen molar-refractivity contribution >= 4 is 23.6 Å². The number of hydrogen-bond acceptors (Lipinski definition) is 4. The third kappa shape index (κ3) is 7.02. The smallest absolute Gasteiger partial charge is 0.244 e. The van der Waals surface area contributed by atoms with Gasteiger partial charge >= 0.3 is 0 Å². The van der Waals surface area contributed by atoms with Gasteiger partial charge in [-0.15, -0.1) is 0 Å². The second-order valence-electron chi connectivity index (χ2n) is 7.11. The molecule has 0 saturated carbocycles. The second kappa shape index (κ2) is 11.4. The quantitative estimate of drug-likeness (QED) is 0.488. The zero-order valence-electron chi connectivity index (χ0n) is 18.1. The molecule has 2 N–H and O–H groups in total. The van der Waals surface area contributed by atoms with E-state index in [4.69, 9.17) is 9.47 Å². The molecule has 2 amide bonds. The van der Waals surface area contributed by atoms with Crippen molar-refractivity contribution in [1.29, 1.82) is 0 Å². The molecular weight excluding hydrogens is 404 g/mol. The molecule has 0 heterocycles. The summed E-state index contributed by atoms with van der Waals surface area (Å²) in [7, 11) is 1.59. The molecule has 0 bridgehead atoms. The van der Waals surface area contributed by atoms with Crippen LogP contribution in [0.3, 0.4) is 0 Å². The molecule has 0 aliphatic heterocycles. The highest BCUT2D eigenvalue weighted by atomic mass is 16.5. The zero-order chi connectivity index (χ0) is 22.8. The van der Waals surface area contributed by atoms with Crippen LogP contribution in [0.2, 0.25) is 0 Å². The molecule has 6 heteroatoms. The highest BCUT2D eigenvalue weighted by molar-refractivity contribution is 5.92. The van der Waals surface area contributed by atoms with Crippen LogP contribution in [0.5, 0.6) is 11.5 Å². The first kappa shape index (κ1) is 22.6. The average molecular weight is 431 g/mol. The maximum atomic E-state index is 12.2. The normalized spacial score (nSPS) is 10.6. The van der Waals surface area contributed by atoms with Crippen molar-refractivity contribution in [3.8, 4) is 11.5 Å². The predicted molar refractivity (Wildman–Crippen MR) is 125 cm³/mol. The van der Waals surface area contributed by atoms with Gasteiger partial charge < -0.3 is 20.1 Å². The number of rotatable bonds is 9. The zero-order valence-corrected chi connectivity index (χ0v) is 18.1. The minimum Gasteiger partial charge on any atom is -0.493 e. The van der Waals surface area contributed by atoms with Crippen LogP contribution in [0.4, 0.5) is 5.69 Å². The fraction of sp³-hybridized carbons (Fsp3) is 0.154. The van der Waals surface area contributed by atoms with Crippen molar-refractivity contribution in [3.63, 3.8) is 0 Å². The van der Waals surface area contributed by atoms with Crippen molar-refractivity contribution < 1.29 is 19.1 Å². The molecule has 3 aromatic carbocycles. The predicted octanol–water partition coefficient (Wildman–Crippen LogP) is 4.56. The molecule has 0 radical (unpaired) electrons. The SMILES string of the molecule is COc1cc(CNC(=O)/C=C/c2ccc(NC(C)=O)cc2)ccc1OCc1ccccc1. The maximum absolute atomic E-state index is 12.2. The summed E-state index contributed by atoms with van der Waals surface area (Å²) in [5, 5.41) is 5.56. The van der Waals surface area contributed by atoms with E-state index in [1.165, 1.54) is 13.0 Å². The van der Waals surface area contributed by atoms with E-state index >= 15 is 0 Å². The molecule has 32 heavy (non-hydrogen) atoms. The van der Waals surface area contributed by atoms with Crippen LogP contribution in [0, 0.1) is 0 Å². The summed E-state index contributed by atoms with van der Waals surface area (Å²) in [6.45, 7) is 2.27. The van der Waals surface area contributed by atoms with E-state index in [1.54, 1.807) is 25.3 Å². The molecule has 0 aliphatic carbocycles. The van der Waals surface area contributed by atoms with Crippen molar-refractivity contribution in [1.82, 2.24) is 5.32 Å². The number of nitrogens with one attached hydrogen (secondary N) is 2. The summed E-state index contributed by atoms with van der Waals surface area (Å²) in [5.74, 6) is 0.927. The Labute approximate surface area is 187 Å². The Morgan fingerprint density at radius 2 is 1.66 bits per heavy atom. The molecule has 3 rings (SSSR count). The number of hydrogen-bond donors (Lipinski definition) is 2. The second-order valence-corrected chi connectivity index (χ2v) is 7.11. The number of anilines is 1. The van der Waals surface area contributed by atoms with E-state index in [1.807, 2.05) is 60.7 Å². The molecule has 3 aromatic rings. The third-order valence-corrected chi connectivity index (χ3v) is 4.59. The van der Waals surface area contributed by atoms with E-state index in [2.05, 4.69) is 10.6 Å². The van der Waals surface area contributed by atoms with Crippen LogP contribution in [0.1, 0.15) is 23.6 Å². The summed E-state index contributed by atoms with van der Waals surface area (Å²) in [6.07, 6.45) is 3.19. The topological polar surface area (TPSA) is 76.7 Å². The minimum absolute atomic E-state index is 0.125. The van der Waals surface area contributed by atoms with E-state index in [-0.39, 0.29) is 11.8 Å². The lowest BCUT2D eigenvalue weighted by molar-refractivity contribution is -0.116. The summed E-state index contributed by atoms with van der Waals surface area (Å²) in [4.78, 5) is 23.2. The maximum Gasteiger partial charge on any atom is 0.244 e. The summed E-state index contributed by atoms with van der Waals surface area (Å²) < 4.78 is 11.3. The minimum atomic E-state index is -0.209. The molecule has 0 aliphatic rings. The summed E-state index contributed by atoms with van der Waals surface area (Å²) in [5.41, 5.74) is 3.54. The van der Waals surface area contributed by atoms with Crippen molar-refractivity contribution in [2.45, 2.75) is 20.1 Å². The highest BCUT2D eigenvalue weighted by Gasteiger charge is 2.07. The molecule has 164 valence electrons. The van der Waals surface area contributed by atoms with Crippen LogP contribution in [0.25, 0.3) is 6.08 Å². The van der Waals surface area contributed by atoms with Gasteiger partial charge in [-0.05, 0) is 47.0 Å². The Bertz CT molecular complexity index is 1080. The van der Waals surface area contributed by atoms with Gasteiger partial charge in [-0.25, -0.2) is 0 Å². The molecule has 0 aromatic heterocycles. The number of carbonyl (C=O) groups is 2. The lowest BCUT2D eigenvalue weighted by Gasteiger charge is -2.12. The average Bonchev–Trinajstić information content (AvgIpc) is 2.81. The van der Waals surface area contributed by atoms with Crippen LogP contribution < -0.4 is 20.1 Å². The van der Waals surface area contributed by atoms with E-state index in [0.717, 1.165) is 16.7 Å². The van der Waals surface area contributed by atoms with Crippen LogP contribution in [0.15, 0.2) is 78.9 Å². The van der Waals surface area contributed by atoms with E-state index < -0.39 is 0 Å². The largest absolute Gasteiger partial charge is 0.493 e. The van der Waals surface area contributed by atoms with Crippen molar-refractivity contribution in [3.05, 3.63) is 95.6 Å². The molecule has 0 atom stereocenters. The molecule has 0 fully saturated rings. The summed E-state index contributed by atoms with van der Waals surface area (Å²) in [6, 6.07) is 22.7. The lowest BCUT2D eigenvalue weighted by atomic mass is 10.2. The first-order valence-electron chi connectivity index (χ1n) is 10.2.